The molecule has 6 heteroatoms. The Balaban J connectivity index is 1.76. The number of ether oxygens (including phenoxy) is 1. The van der Waals surface area contributed by atoms with Crippen LogP contribution in [0.15, 0.2) is 59.7 Å². The number of amides is 1. The summed E-state index contributed by atoms with van der Waals surface area (Å²) in [6.45, 7) is 2.01. The fourth-order valence-electron chi connectivity index (χ4n) is 2.63. The van der Waals surface area contributed by atoms with Gasteiger partial charge in [-0.2, -0.15) is 5.10 Å². The van der Waals surface area contributed by atoms with Crippen LogP contribution < -0.4 is 5.43 Å². The summed E-state index contributed by atoms with van der Waals surface area (Å²) in [5.41, 5.74) is 5.80. The van der Waals surface area contributed by atoms with Crippen molar-refractivity contribution >= 4 is 34.6 Å². The summed E-state index contributed by atoms with van der Waals surface area (Å²) in [6.07, 6.45) is 0.744. The number of carbonyl (C=O) groups is 1. The lowest BCUT2D eigenvalue weighted by Gasteiger charge is -2.13. The third-order valence-electron chi connectivity index (χ3n) is 3.91. The number of nitrogens with zero attached hydrogens (tertiary/aromatic N) is 2. The second-order valence-corrected chi connectivity index (χ2v) is 6.18. The molecule has 3 rings (SSSR count). The van der Waals surface area contributed by atoms with Crippen molar-refractivity contribution < 1.29 is 9.53 Å². The maximum atomic E-state index is 12.3. The molecule has 1 heterocycles. The average Bonchev–Trinajstić information content (AvgIpc) is 2.64. The van der Waals surface area contributed by atoms with Crippen molar-refractivity contribution in [1.82, 2.24) is 10.4 Å². The predicted octanol–water partition coefficient (Wildman–Crippen LogP) is 4.03. The minimum Gasteiger partial charge on any atom is -0.367 e. The van der Waals surface area contributed by atoms with Crippen LogP contribution in [0.4, 0.5) is 0 Å². The summed E-state index contributed by atoms with van der Waals surface area (Å²) >= 11 is 6.20. The molecule has 0 saturated carbocycles. The normalized spacial score (nSPS) is 12.4. The molecule has 26 heavy (non-hydrogen) atoms. The first kappa shape index (κ1) is 18.0. The Kier molecular flexibility index (Phi) is 5.61. The van der Waals surface area contributed by atoms with Crippen LogP contribution in [0.1, 0.15) is 22.8 Å². The highest BCUT2D eigenvalue weighted by atomic mass is 35.5. The van der Waals surface area contributed by atoms with Crippen molar-refractivity contribution in [2.75, 3.05) is 7.11 Å². The van der Waals surface area contributed by atoms with Gasteiger partial charge in [0.05, 0.1) is 11.7 Å². The summed E-state index contributed by atoms with van der Waals surface area (Å²) < 4.78 is 5.27. The lowest BCUT2D eigenvalue weighted by atomic mass is 10.1. The van der Waals surface area contributed by atoms with Crippen LogP contribution in [0.25, 0.3) is 10.9 Å². The van der Waals surface area contributed by atoms with E-state index in [-0.39, 0.29) is 5.91 Å². The number of carbonyl (C=O) groups excluding carboxylic acids is 1. The number of aryl methyl sites for hydroxylation is 1. The Labute approximate surface area is 156 Å². The minimum atomic E-state index is -0.735. The Hall–Kier alpha value is -2.76. The number of hydrogen-bond acceptors (Lipinski definition) is 4. The summed E-state index contributed by atoms with van der Waals surface area (Å²) in [5.74, 6) is -0.365. The highest BCUT2D eigenvalue weighted by molar-refractivity contribution is 6.32. The number of hydrazone groups is 1. The number of hydrogen-bond donors (Lipinski definition) is 1. The molecule has 132 valence electrons. The number of halogens is 1. The fraction of sp³-hybridized carbons (Fsp3) is 0.150. The van der Waals surface area contributed by atoms with E-state index in [2.05, 4.69) is 15.5 Å². The van der Waals surface area contributed by atoms with E-state index in [1.807, 2.05) is 61.5 Å². The molecule has 0 fully saturated rings. The molecule has 0 bridgehead atoms. The van der Waals surface area contributed by atoms with Gasteiger partial charge in [0, 0.05) is 18.1 Å². The number of nitrogens with one attached hydrogen (secondary N) is 1. The third kappa shape index (κ3) is 4.07. The molecular formula is C20H18ClN3O2. The van der Waals surface area contributed by atoms with Crippen LogP contribution in [0.2, 0.25) is 5.15 Å². The molecule has 1 N–H and O–H groups in total. The summed E-state index contributed by atoms with van der Waals surface area (Å²) in [4.78, 5) is 16.7. The van der Waals surface area contributed by atoms with Crippen LogP contribution in [0.5, 0.6) is 0 Å². The van der Waals surface area contributed by atoms with Gasteiger partial charge in [-0.1, -0.05) is 53.6 Å². The van der Waals surface area contributed by atoms with E-state index >= 15 is 0 Å². The molecule has 0 aliphatic heterocycles. The van der Waals surface area contributed by atoms with Crippen LogP contribution in [-0.4, -0.2) is 24.2 Å². The molecule has 0 spiro atoms. The number of aromatic nitrogens is 1. The quantitative estimate of drug-likeness (QED) is 0.420. The van der Waals surface area contributed by atoms with Crippen molar-refractivity contribution in [3.05, 3.63) is 76.4 Å². The Morgan fingerprint density at radius 1 is 1.23 bits per heavy atom. The van der Waals surface area contributed by atoms with E-state index in [0.717, 1.165) is 22.0 Å². The molecule has 0 radical (unpaired) electrons. The van der Waals surface area contributed by atoms with Crippen LogP contribution in [-0.2, 0) is 9.53 Å². The topological polar surface area (TPSA) is 63.6 Å². The van der Waals surface area contributed by atoms with E-state index in [1.165, 1.54) is 13.3 Å². The van der Waals surface area contributed by atoms with E-state index in [0.29, 0.717) is 10.7 Å². The number of fused-ring (bicyclic) bond motifs is 1. The van der Waals surface area contributed by atoms with E-state index in [1.54, 1.807) is 0 Å². The highest BCUT2D eigenvalue weighted by Crippen LogP contribution is 2.20. The van der Waals surface area contributed by atoms with Crippen LogP contribution >= 0.6 is 11.6 Å². The molecule has 3 aromatic rings. The van der Waals surface area contributed by atoms with Crippen LogP contribution in [0.3, 0.4) is 0 Å². The minimum absolute atomic E-state index is 0.325. The molecule has 2 aromatic carbocycles. The molecule has 0 saturated heterocycles. The maximum Gasteiger partial charge on any atom is 0.273 e. The standard InChI is InChI=1S/C20H18ClN3O2/c1-13-8-9-17-15(10-13)11-16(19(21)23-17)12-22-24-20(25)18(26-2)14-6-4-3-5-7-14/h3-12,18H,1-2H3,(H,24,25)/b22-12-/t18-/m1/s1. The number of pyridine rings is 1. The highest BCUT2D eigenvalue weighted by Gasteiger charge is 2.19. The number of benzene rings is 2. The zero-order chi connectivity index (χ0) is 18.5. The molecule has 0 aliphatic rings. The van der Waals surface area contributed by atoms with Gasteiger partial charge in [-0.05, 0) is 30.7 Å². The van der Waals surface area contributed by atoms with Crippen molar-refractivity contribution in [1.29, 1.82) is 0 Å². The lowest BCUT2D eigenvalue weighted by molar-refractivity contribution is -0.131. The second-order valence-electron chi connectivity index (χ2n) is 5.83. The molecular weight excluding hydrogens is 350 g/mol. The molecule has 0 aliphatic carbocycles. The Bertz CT molecular complexity index is 958. The van der Waals surface area contributed by atoms with Gasteiger partial charge >= 0.3 is 0 Å². The fourth-order valence-corrected chi connectivity index (χ4v) is 2.82. The van der Waals surface area contributed by atoms with Crippen LogP contribution in [0, 0.1) is 6.92 Å². The third-order valence-corrected chi connectivity index (χ3v) is 4.21. The first-order chi connectivity index (χ1) is 12.6. The summed E-state index contributed by atoms with van der Waals surface area (Å²) in [6, 6.07) is 17.0. The first-order valence-electron chi connectivity index (χ1n) is 8.06. The molecule has 1 amide bonds. The average molecular weight is 368 g/mol. The molecule has 1 aromatic heterocycles. The SMILES string of the molecule is CO[C@@H](C(=O)N/N=C\c1cc2cc(C)ccc2nc1Cl)c1ccccc1. The predicted molar refractivity (Wildman–Crippen MR) is 103 cm³/mol. The zero-order valence-corrected chi connectivity index (χ0v) is 15.2. The molecule has 5 nitrogen and oxygen atoms in total. The van der Waals surface area contributed by atoms with Gasteiger partial charge in [0.25, 0.3) is 5.91 Å². The zero-order valence-electron chi connectivity index (χ0n) is 14.4. The molecule has 1 atom stereocenters. The van der Waals surface area contributed by atoms with Gasteiger partial charge in [0.1, 0.15) is 5.15 Å². The second kappa shape index (κ2) is 8.08. The van der Waals surface area contributed by atoms with Gasteiger partial charge < -0.3 is 4.74 Å². The summed E-state index contributed by atoms with van der Waals surface area (Å²) in [7, 11) is 1.48. The van der Waals surface area contributed by atoms with E-state index in [9.17, 15) is 4.79 Å². The maximum absolute atomic E-state index is 12.3. The van der Waals surface area contributed by atoms with Crippen molar-refractivity contribution in [3.8, 4) is 0 Å². The van der Waals surface area contributed by atoms with Crippen molar-refractivity contribution in [3.63, 3.8) is 0 Å². The van der Waals surface area contributed by atoms with Gasteiger partial charge in [-0.3, -0.25) is 4.79 Å². The van der Waals surface area contributed by atoms with Gasteiger partial charge in [0.15, 0.2) is 6.10 Å². The van der Waals surface area contributed by atoms with Gasteiger partial charge in [-0.25, -0.2) is 10.4 Å². The van der Waals surface area contributed by atoms with Crippen molar-refractivity contribution in [2.45, 2.75) is 13.0 Å². The largest absolute Gasteiger partial charge is 0.367 e. The number of rotatable bonds is 5. The first-order valence-corrected chi connectivity index (χ1v) is 8.44. The lowest BCUT2D eigenvalue weighted by Crippen LogP contribution is -2.26. The Morgan fingerprint density at radius 2 is 2.00 bits per heavy atom. The Morgan fingerprint density at radius 3 is 2.73 bits per heavy atom. The van der Waals surface area contributed by atoms with E-state index < -0.39 is 6.10 Å². The molecule has 0 unspecified atom stereocenters. The van der Waals surface area contributed by atoms with Gasteiger partial charge in [-0.15, -0.1) is 0 Å². The smallest absolute Gasteiger partial charge is 0.273 e. The van der Waals surface area contributed by atoms with E-state index in [4.69, 9.17) is 16.3 Å². The van der Waals surface area contributed by atoms with Crippen molar-refractivity contribution in [2.24, 2.45) is 5.10 Å². The summed E-state index contributed by atoms with van der Waals surface area (Å²) in [5, 5.41) is 5.28. The van der Waals surface area contributed by atoms with Gasteiger partial charge in [0.2, 0.25) is 0 Å². The monoisotopic (exact) mass is 367 g/mol. The number of methoxy groups -OCH3 is 1.